The number of aryl methyl sites for hydroxylation is 1. The minimum absolute atomic E-state index is 0.0221. The van der Waals surface area contributed by atoms with Crippen molar-refractivity contribution in [1.29, 1.82) is 0 Å². The number of likely N-dealkylation sites (N-methyl/N-ethyl adjacent to an activating group) is 1. The summed E-state index contributed by atoms with van der Waals surface area (Å²) in [6, 6.07) is 10.2. The number of nitrogens with one attached hydrogen (secondary N) is 1. The van der Waals surface area contributed by atoms with E-state index in [0.29, 0.717) is 6.54 Å². The van der Waals surface area contributed by atoms with E-state index < -0.39 is 0 Å². The molecule has 2 rings (SSSR count). The molecule has 0 unspecified atom stereocenters. The van der Waals surface area contributed by atoms with Crippen LogP contribution >= 0.6 is 11.3 Å². The monoisotopic (exact) mass is 303 g/mol. The van der Waals surface area contributed by atoms with Gasteiger partial charge in [0.2, 0.25) is 0 Å². The van der Waals surface area contributed by atoms with Crippen molar-refractivity contribution in [2.24, 2.45) is 0 Å². The molecule has 0 radical (unpaired) electrons. The molecule has 0 bridgehead atoms. The molecular weight excluding hydrogens is 282 g/mol. The Morgan fingerprint density at radius 2 is 2.00 bits per heavy atom. The maximum Gasteiger partial charge on any atom is 0.263 e. The van der Waals surface area contributed by atoms with Gasteiger partial charge in [0.15, 0.2) is 0 Å². The molecule has 0 aliphatic heterocycles. The number of nitrogens with zero attached hydrogens (tertiary/aromatic N) is 2. The number of hydrogen-bond acceptors (Lipinski definition) is 4. The Kier molecular flexibility index (Phi) is 5.47. The van der Waals surface area contributed by atoms with Crippen LogP contribution in [0.5, 0.6) is 0 Å². The second-order valence-corrected chi connectivity index (χ2v) is 6.33. The molecule has 1 heterocycles. The van der Waals surface area contributed by atoms with Gasteiger partial charge in [-0.05, 0) is 26.6 Å². The predicted molar refractivity (Wildman–Crippen MR) is 87.0 cm³/mol. The Morgan fingerprint density at radius 3 is 2.67 bits per heavy atom. The lowest BCUT2D eigenvalue weighted by Crippen LogP contribution is -2.31. The molecule has 1 N–H and O–H groups in total. The summed E-state index contributed by atoms with van der Waals surface area (Å²) in [5, 5.41) is 3.92. The summed E-state index contributed by atoms with van der Waals surface area (Å²) < 4.78 is 0. The van der Waals surface area contributed by atoms with Crippen molar-refractivity contribution in [2.45, 2.75) is 13.3 Å². The molecule has 0 fully saturated rings. The van der Waals surface area contributed by atoms with Crippen molar-refractivity contribution < 1.29 is 4.79 Å². The van der Waals surface area contributed by atoms with Gasteiger partial charge in [-0.15, -0.1) is 11.3 Å². The molecule has 0 aliphatic carbocycles. The van der Waals surface area contributed by atoms with E-state index in [1.165, 1.54) is 16.9 Å². The Balaban J connectivity index is 2.00. The molecule has 0 saturated carbocycles. The fraction of sp³-hybridized carbons (Fsp3) is 0.375. The van der Waals surface area contributed by atoms with E-state index >= 15 is 0 Å². The van der Waals surface area contributed by atoms with Gasteiger partial charge >= 0.3 is 0 Å². The molecular formula is C16H21N3OS. The molecule has 1 aromatic carbocycles. The smallest absolute Gasteiger partial charge is 0.263 e. The van der Waals surface area contributed by atoms with Crippen molar-refractivity contribution >= 4 is 17.2 Å². The lowest BCUT2D eigenvalue weighted by molar-refractivity contribution is 0.0954. The molecule has 0 spiro atoms. The van der Waals surface area contributed by atoms with Crippen LogP contribution in [-0.4, -0.2) is 43.0 Å². The van der Waals surface area contributed by atoms with Crippen LogP contribution in [0.25, 0.3) is 0 Å². The molecule has 1 amide bonds. The first-order valence-corrected chi connectivity index (χ1v) is 7.81. The Hall–Kier alpha value is -1.72. The predicted octanol–water partition coefficient (Wildman–Crippen LogP) is 2.33. The molecule has 4 nitrogen and oxygen atoms in total. The number of hydrogen-bond donors (Lipinski definition) is 1. The maximum atomic E-state index is 12.2. The standard InChI is InChI=1S/C16H21N3OS/c1-12-15(16(20)17-9-10-19(2)3)21-14(18-12)11-13-7-5-4-6-8-13/h4-8H,9-11H2,1-3H3,(H,17,20). The fourth-order valence-corrected chi connectivity index (χ4v) is 3.00. The number of carbonyl (C=O) groups is 1. The molecule has 2 aromatic rings. The molecule has 0 atom stereocenters. The second-order valence-electron chi connectivity index (χ2n) is 5.24. The number of thiazole rings is 1. The third-order valence-corrected chi connectivity index (χ3v) is 4.25. The van der Waals surface area contributed by atoms with E-state index in [1.807, 2.05) is 44.1 Å². The normalized spacial score (nSPS) is 10.9. The Labute approximate surface area is 129 Å². The quantitative estimate of drug-likeness (QED) is 0.891. The highest BCUT2D eigenvalue weighted by Crippen LogP contribution is 2.20. The summed E-state index contributed by atoms with van der Waals surface area (Å²) in [4.78, 5) is 19.4. The first-order valence-electron chi connectivity index (χ1n) is 6.99. The third kappa shape index (κ3) is 4.65. The van der Waals surface area contributed by atoms with Gasteiger partial charge in [0, 0.05) is 19.5 Å². The van der Waals surface area contributed by atoms with Crippen molar-refractivity contribution in [2.75, 3.05) is 27.2 Å². The topological polar surface area (TPSA) is 45.2 Å². The van der Waals surface area contributed by atoms with Gasteiger partial charge in [-0.3, -0.25) is 4.79 Å². The summed E-state index contributed by atoms with van der Waals surface area (Å²) in [6.45, 7) is 3.38. The lowest BCUT2D eigenvalue weighted by atomic mass is 10.2. The fourth-order valence-electron chi connectivity index (χ4n) is 1.98. The number of carbonyl (C=O) groups excluding carboxylic acids is 1. The molecule has 5 heteroatoms. The molecule has 1 aromatic heterocycles. The zero-order chi connectivity index (χ0) is 15.2. The summed E-state index contributed by atoms with van der Waals surface area (Å²) >= 11 is 1.48. The largest absolute Gasteiger partial charge is 0.350 e. The summed E-state index contributed by atoms with van der Waals surface area (Å²) in [5.74, 6) is -0.0221. The first kappa shape index (κ1) is 15.7. The Morgan fingerprint density at radius 1 is 1.29 bits per heavy atom. The van der Waals surface area contributed by atoms with E-state index in [0.717, 1.165) is 28.5 Å². The zero-order valence-corrected chi connectivity index (χ0v) is 13.5. The van der Waals surface area contributed by atoms with Crippen molar-refractivity contribution in [3.63, 3.8) is 0 Å². The van der Waals surface area contributed by atoms with Crippen LogP contribution in [0.1, 0.15) is 25.9 Å². The van der Waals surface area contributed by atoms with Crippen LogP contribution < -0.4 is 5.32 Å². The molecule has 112 valence electrons. The molecule has 0 aliphatic rings. The minimum Gasteiger partial charge on any atom is -0.350 e. The SMILES string of the molecule is Cc1nc(Cc2ccccc2)sc1C(=O)NCCN(C)C. The Bertz CT molecular complexity index is 593. The lowest BCUT2D eigenvalue weighted by Gasteiger charge is -2.09. The molecule has 21 heavy (non-hydrogen) atoms. The number of benzene rings is 1. The average Bonchev–Trinajstić information content (AvgIpc) is 2.80. The third-order valence-electron chi connectivity index (χ3n) is 3.09. The summed E-state index contributed by atoms with van der Waals surface area (Å²) in [7, 11) is 3.98. The van der Waals surface area contributed by atoms with Crippen LogP contribution in [0.3, 0.4) is 0 Å². The van der Waals surface area contributed by atoms with Crippen molar-refractivity contribution in [3.05, 3.63) is 51.5 Å². The van der Waals surface area contributed by atoms with Crippen LogP contribution in [-0.2, 0) is 6.42 Å². The van der Waals surface area contributed by atoms with Gasteiger partial charge in [0.25, 0.3) is 5.91 Å². The maximum absolute atomic E-state index is 12.2. The minimum atomic E-state index is -0.0221. The van der Waals surface area contributed by atoms with E-state index in [9.17, 15) is 4.79 Å². The van der Waals surface area contributed by atoms with Gasteiger partial charge < -0.3 is 10.2 Å². The highest BCUT2D eigenvalue weighted by Gasteiger charge is 2.15. The van der Waals surface area contributed by atoms with Crippen LogP contribution in [0.2, 0.25) is 0 Å². The van der Waals surface area contributed by atoms with Crippen molar-refractivity contribution in [1.82, 2.24) is 15.2 Å². The first-order chi connectivity index (χ1) is 10.1. The van der Waals surface area contributed by atoms with E-state index in [4.69, 9.17) is 0 Å². The summed E-state index contributed by atoms with van der Waals surface area (Å²) in [5.41, 5.74) is 2.03. The van der Waals surface area contributed by atoms with Gasteiger partial charge in [0.05, 0.1) is 10.7 Å². The van der Waals surface area contributed by atoms with Gasteiger partial charge in [-0.25, -0.2) is 4.98 Å². The molecule has 0 saturated heterocycles. The second kappa shape index (κ2) is 7.33. The van der Waals surface area contributed by atoms with Crippen molar-refractivity contribution in [3.8, 4) is 0 Å². The zero-order valence-electron chi connectivity index (χ0n) is 12.7. The number of amides is 1. The average molecular weight is 303 g/mol. The van der Waals surface area contributed by atoms with Crippen LogP contribution in [0.15, 0.2) is 30.3 Å². The van der Waals surface area contributed by atoms with E-state index in [1.54, 1.807) is 0 Å². The number of rotatable bonds is 6. The van der Waals surface area contributed by atoms with Gasteiger partial charge in [-0.2, -0.15) is 0 Å². The van der Waals surface area contributed by atoms with E-state index in [-0.39, 0.29) is 5.91 Å². The number of aromatic nitrogens is 1. The van der Waals surface area contributed by atoms with Gasteiger partial charge in [-0.1, -0.05) is 30.3 Å². The highest BCUT2D eigenvalue weighted by molar-refractivity contribution is 7.13. The van der Waals surface area contributed by atoms with Gasteiger partial charge in [0.1, 0.15) is 4.88 Å². The van der Waals surface area contributed by atoms with Crippen LogP contribution in [0, 0.1) is 6.92 Å². The van der Waals surface area contributed by atoms with Crippen LogP contribution in [0.4, 0.5) is 0 Å². The van der Waals surface area contributed by atoms with E-state index in [2.05, 4.69) is 22.4 Å². The summed E-state index contributed by atoms with van der Waals surface area (Å²) in [6.07, 6.45) is 0.775. The highest BCUT2D eigenvalue weighted by atomic mass is 32.1.